The van der Waals surface area contributed by atoms with Gasteiger partial charge >= 0.3 is 24.0 Å². The number of rotatable bonds is 6. The third kappa shape index (κ3) is 3.26. The van der Waals surface area contributed by atoms with Gasteiger partial charge in [0.05, 0.1) is 53.6 Å². The molecular weight excluding hydrogens is 647 g/mol. The number of fused-ring (bicyclic) bond motifs is 2. The van der Waals surface area contributed by atoms with Crippen LogP contribution in [0.15, 0.2) is 30.3 Å². The van der Waals surface area contributed by atoms with E-state index in [0.29, 0.717) is 22.6 Å². The van der Waals surface area contributed by atoms with E-state index in [1.807, 2.05) is 18.2 Å². The van der Waals surface area contributed by atoms with Gasteiger partial charge in [0, 0.05) is 14.7 Å². The summed E-state index contributed by atoms with van der Waals surface area (Å²) in [6.45, 7) is 2.85. The summed E-state index contributed by atoms with van der Waals surface area (Å²) >= 11 is 2.18. The van der Waals surface area contributed by atoms with Crippen molar-refractivity contribution in [3.05, 3.63) is 56.2 Å². The SMILES string of the molecule is CCOC(=O)[C@@]12N3Cc4c(OC)ccc(OC)c4CN1C(=O)N1Cc4c(I)cccc4CN(C3=O)[C@@]12C(=O)OCC. The van der Waals surface area contributed by atoms with Crippen LogP contribution in [0.1, 0.15) is 36.1 Å². The number of esters is 2. The van der Waals surface area contributed by atoms with Crippen molar-refractivity contribution >= 4 is 46.6 Å². The number of methoxy groups -OCH3 is 2. The van der Waals surface area contributed by atoms with Crippen LogP contribution in [0.4, 0.5) is 9.59 Å². The molecule has 2 fully saturated rings. The van der Waals surface area contributed by atoms with Gasteiger partial charge in [0.25, 0.3) is 11.3 Å². The zero-order valence-corrected chi connectivity index (χ0v) is 25.2. The van der Waals surface area contributed by atoms with E-state index in [1.54, 1.807) is 26.0 Å². The molecule has 41 heavy (non-hydrogen) atoms. The molecule has 12 nitrogen and oxygen atoms in total. The first-order valence-corrected chi connectivity index (χ1v) is 14.3. The van der Waals surface area contributed by atoms with Gasteiger partial charge in [-0.1, -0.05) is 12.1 Å². The van der Waals surface area contributed by atoms with Crippen LogP contribution in [0.5, 0.6) is 11.5 Å². The highest BCUT2D eigenvalue weighted by Crippen LogP contribution is 2.58. The first-order valence-electron chi connectivity index (χ1n) is 13.3. The van der Waals surface area contributed by atoms with Gasteiger partial charge in [0.15, 0.2) is 0 Å². The summed E-state index contributed by atoms with van der Waals surface area (Å²) in [4.78, 5) is 63.3. The first-order chi connectivity index (χ1) is 19.7. The number of carbonyl (C=O) groups excluding carboxylic acids is 4. The summed E-state index contributed by atoms with van der Waals surface area (Å²) in [5.41, 5.74) is -1.71. The molecule has 2 atom stereocenters. The number of carbonyl (C=O) groups is 4. The Morgan fingerprint density at radius 3 is 1.61 bits per heavy atom. The second-order valence-corrected chi connectivity index (χ2v) is 11.2. The van der Waals surface area contributed by atoms with E-state index in [0.717, 1.165) is 14.7 Å². The van der Waals surface area contributed by atoms with Crippen molar-refractivity contribution in [2.24, 2.45) is 0 Å². The number of amides is 4. The van der Waals surface area contributed by atoms with E-state index < -0.39 is 35.3 Å². The Balaban J connectivity index is 1.72. The van der Waals surface area contributed by atoms with E-state index in [4.69, 9.17) is 18.9 Å². The lowest BCUT2D eigenvalue weighted by molar-refractivity contribution is -0.191. The Morgan fingerprint density at radius 1 is 0.732 bits per heavy atom. The Labute approximate surface area is 250 Å². The summed E-state index contributed by atoms with van der Waals surface area (Å²) < 4.78 is 23.4. The molecule has 0 radical (unpaired) electrons. The largest absolute Gasteiger partial charge is 0.496 e. The van der Waals surface area contributed by atoms with Crippen molar-refractivity contribution in [3.63, 3.8) is 0 Å². The minimum atomic E-state index is -2.20. The minimum absolute atomic E-state index is 0.0243. The summed E-state index contributed by atoms with van der Waals surface area (Å²) in [7, 11) is 3.00. The Morgan fingerprint density at radius 2 is 1.17 bits per heavy atom. The van der Waals surface area contributed by atoms with E-state index >= 15 is 0 Å². The molecule has 0 aliphatic carbocycles. The molecule has 2 aromatic rings. The van der Waals surface area contributed by atoms with Gasteiger partial charge in [-0.2, -0.15) is 0 Å². The van der Waals surface area contributed by atoms with Crippen molar-refractivity contribution in [2.75, 3.05) is 27.4 Å². The van der Waals surface area contributed by atoms with Crippen LogP contribution < -0.4 is 9.47 Å². The summed E-state index contributed by atoms with van der Waals surface area (Å²) in [5.74, 6) is -0.880. The smallest absolute Gasteiger partial charge is 0.358 e. The Hall–Kier alpha value is -3.75. The van der Waals surface area contributed by atoms with E-state index in [-0.39, 0.29) is 39.4 Å². The molecule has 6 rings (SSSR count). The van der Waals surface area contributed by atoms with Crippen molar-refractivity contribution in [1.82, 2.24) is 19.6 Å². The number of nitrogens with zero attached hydrogens (tertiary/aromatic N) is 4. The van der Waals surface area contributed by atoms with Crippen LogP contribution in [0.25, 0.3) is 0 Å². The van der Waals surface area contributed by atoms with Crippen LogP contribution in [-0.4, -0.2) is 82.4 Å². The van der Waals surface area contributed by atoms with E-state index in [9.17, 15) is 19.2 Å². The average molecular weight is 676 g/mol. The monoisotopic (exact) mass is 676 g/mol. The number of hydrogen-bond donors (Lipinski definition) is 0. The van der Waals surface area contributed by atoms with Crippen molar-refractivity contribution in [3.8, 4) is 11.5 Å². The average Bonchev–Trinajstić information content (AvgIpc) is 3.13. The zero-order valence-electron chi connectivity index (χ0n) is 23.1. The fourth-order valence-corrected chi connectivity index (χ4v) is 7.48. The van der Waals surface area contributed by atoms with Crippen LogP contribution in [-0.2, 0) is 45.2 Å². The van der Waals surface area contributed by atoms with Crippen LogP contribution in [0.3, 0.4) is 0 Å². The second-order valence-electron chi connectivity index (χ2n) is 10.00. The van der Waals surface area contributed by atoms with Gasteiger partial charge in [-0.3, -0.25) is 19.6 Å². The van der Waals surface area contributed by atoms with Crippen molar-refractivity contribution in [2.45, 2.75) is 51.4 Å². The van der Waals surface area contributed by atoms with E-state index in [1.165, 1.54) is 33.8 Å². The van der Waals surface area contributed by atoms with Crippen LogP contribution in [0, 0.1) is 3.57 Å². The molecule has 0 saturated carbocycles. The van der Waals surface area contributed by atoms with Gasteiger partial charge in [0.1, 0.15) is 11.5 Å². The van der Waals surface area contributed by atoms with Gasteiger partial charge in [0.2, 0.25) is 0 Å². The lowest BCUT2D eigenvalue weighted by Gasteiger charge is -2.43. The standard InChI is InChI=1S/C28H29IN4O8/c1-5-40-23(34)27-28(24(35)41-6-2)32-14-18-19(22(39-4)11-10-21(18)38-3)15-33(28)26(37)31(27)13-17-16(8-7-9-20(17)29)12-30(27)25(32)36/h7-11H,5-6,12-15H2,1-4H3/t27-,28+/m0/s1. The van der Waals surface area contributed by atoms with Crippen LogP contribution >= 0.6 is 22.6 Å². The lowest BCUT2D eigenvalue weighted by atomic mass is 9.90. The lowest BCUT2D eigenvalue weighted by Crippen LogP contribution is -2.75. The Kier molecular flexibility index (Phi) is 6.47. The highest BCUT2D eigenvalue weighted by Gasteiger charge is 2.87. The summed E-state index contributed by atoms with van der Waals surface area (Å²) in [5, 5.41) is 0. The normalized spacial score (nSPS) is 23.8. The fourth-order valence-electron chi connectivity index (χ4n) is 6.76. The Bertz CT molecular complexity index is 1500. The van der Waals surface area contributed by atoms with Crippen molar-refractivity contribution < 1.29 is 38.1 Å². The van der Waals surface area contributed by atoms with Crippen LogP contribution in [0.2, 0.25) is 0 Å². The third-order valence-electron chi connectivity index (χ3n) is 8.37. The molecule has 13 heteroatoms. The molecule has 0 N–H and O–H groups in total. The molecule has 4 aliphatic rings. The molecular formula is C28H29IN4O8. The number of urea groups is 2. The highest BCUT2D eigenvalue weighted by molar-refractivity contribution is 14.1. The molecule has 216 valence electrons. The number of benzene rings is 2. The van der Waals surface area contributed by atoms with Crippen molar-refractivity contribution in [1.29, 1.82) is 0 Å². The van der Waals surface area contributed by atoms with Gasteiger partial charge < -0.3 is 18.9 Å². The second kappa shape index (κ2) is 9.67. The molecule has 0 unspecified atom stereocenters. The molecule has 2 aromatic carbocycles. The molecule has 4 heterocycles. The fraction of sp³-hybridized carbons (Fsp3) is 0.429. The molecule has 0 bridgehead atoms. The maximum atomic E-state index is 14.7. The molecule has 0 aromatic heterocycles. The van der Waals surface area contributed by atoms with E-state index in [2.05, 4.69) is 22.6 Å². The number of halogens is 1. The predicted molar refractivity (Wildman–Crippen MR) is 150 cm³/mol. The molecule has 4 amide bonds. The first kappa shape index (κ1) is 27.4. The predicted octanol–water partition coefficient (Wildman–Crippen LogP) is 3.03. The van der Waals surface area contributed by atoms with Gasteiger partial charge in [-0.05, 0) is 65.8 Å². The maximum absolute atomic E-state index is 14.7. The minimum Gasteiger partial charge on any atom is -0.496 e. The highest BCUT2D eigenvalue weighted by atomic mass is 127. The molecule has 0 spiro atoms. The zero-order chi connectivity index (χ0) is 29.3. The third-order valence-corrected chi connectivity index (χ3v) is 9.38. The topological polar surface area (TPSA) is 118 Å². The quantitative estimate of drug-likeness (QED) is 0.339. The number of hydrogen-bond acceptors (Lipinski definition) is 8. The maximum Gasteiger partial charge on any atom is 0.358 e. The van der Waals surface area contributed by atoms with Gasteiger partial charge in [-0.25, -0.2) is 19.2 Å². The van der Waals surface area contributed by atoms with Gasteiger partial charge in [-0.15, -0.1) is 0 Å². The molecule has 2 saturated heterocycles. The number of ether oxygens (including phenoxy) is 4. The summed E-state index contributed by atoms with van der Waals surface area (Å²) in [6, 6.07) is 7.80. The molecule has 4 aliphatic heterocycles. The summed E-state index contributed by atoms with van der Waals surface area (Å²) in [6.07, 6.45) is 0.